The van der Waals surface area contributed by atoms with E-state index in [1.807, 2.05) is 23.1 Å². The average molecular weight is 475 g/mol. The fraction of sp³-hybridized carbons (Fsp3) is 0.391. The van der Waals surface area contributed by atoms with E-state index in [-0.39, 0.29) is 17.9 Å². The molecule has 3 heterocycles. The van der Waals surface area contributed by atoms with Crippen LogP contribution in [0.1, 0.15) is 24.1 Å². The van der Waals surface area contributed by atoms with Gasteiger partial charge in [-0.2, -0.15) is 0 Å². The molecule has 1 aliphatic rings. The molecule has 8 nitrogen and oxygen atoms in total. The van der Waals surface area contributed by atoms with Crippen molar-refractivity contribution in [2.45, 2.75) is 25.4 Å². The standard InChI is InChI=1S/C23H24ClFN4O4/c1-28-19-4-3-14(9-15(19)11-20(22(28)31)33-13-21(30)32-2)10-18-17(24)12-26-23(27-18)29-7-5-16(25)6-8-29/h3-4,9,11-12,16H,5-8,10,13H2,1-2H3. The molecule has 0 spiro atoms. The first kappa shape index (κ1) is 23.0. The number of rotatable bonds is 6. The normalized spacial score (nSPS) is 14.5. The van der Waals surface area contributed by atoms with E-state index < -0.39 is 12.1 Å². The first-order valence-electron chi connectivity index (χ1n) is 10.6. The van der Waals surface area contributed by atoms with Gasteiger partial charge in [0.2, 0.25) is 5.95 Å². The number of carbonyl (C=O) groups is 1. The summed E-state index contributed by atoms with van der Waals surface area (Å²) >= 11 is 6.37. The molecule has 174 valence electrons. The monoisotopic (exact) mass is 474 g/mol. The molecule has 0 atom stereocenters. The van der Waals surface area contributed by atoms with Crippen molar-refractivity contribution >= 4 is 34.4 Å². The number of hydrogen-bond acceptors (Lipinski definition) is 7. The van der Waals surface area contributed by atoms with Gasteiger partial charge >= 0.3 is 5.97 Å². The van der Waals surface area contributed by atoms with E-state index >= 15 is 0 Å². The molecule has 0 bridgehead atoms. The van der Waals surface area contributed by atoms with E-state index in [1.54, 1.807) is 19.3 Å². The van der Waals surface area contributed by atoms with Crippen LogP contribution >= 0.6 is 11.6 Å². The molecule has 2 aromatic heterocycles. The Morgan fingerprint density at radius 3 is 2.76 bits per heavy atom. The number of aromatic nitrogens is 3. The summed E-state index contributed by atoms with van der Waals surface area (Å²) in [5, 5.41) is 1.21. The number of ether oxygens (including phenoxy) is 2. The van der Waals surface area contributed by atoms with Gasteiger partial charge in [0, 0.05) is 31.9 Å². The maximum absolute atomic E-state index is 13.5. The third-order valence-corrected chi connectivity index (χ3v) is 6.03. The second-order valence-electron chi connectivity index (χ2n) is 7.93. The van der Waals surface area contributed by atoms with Crippen molar-refractivity contribution in [2.24, 2.45) is 7.05 Å². The summed E-state index contributed by atoms with van der Waals surface area (Å²) in [7, 11) is 2.90. The summed E-state index contributed by atoms with van der Waals surface area (Å²) in [6, 6.07) is 7.28. The topological polar surface area (TPSA) is 86.6 Å². The molecule has 0 saturated carbocycles. The Hall–Kier alpha value is -3.20. The highest BCUT2D eigenvalue weighted by molar-refractivity contribution is 6.31. The van der Waals surface area contributed by atoms with Crippen molar-refractivity contribution in [3.63, 3.8) is 0 Å². The maximum Gasteiger partial charge on any atom is 0.343 e. The van der Waals surface area contributed by atoms with Gasteiger partial charge in [-0.15, -0.1) is 0 Å². The minimum atomic E-state index is -0.775. The van der Waals surface area contributed by atoms with Gasteiger partial charge in [-0.25, -0.2) is 19.2 Å². The Labute approximate surface area is 194 Å². The van der Waals surface area contributed by atoms with Crippen molar-refractivity contribution in [2.75, 3.05) is 31.7 Å². The highest BCUT2D eigenvalue weighted by Gasteiger charge is 2.21. The predicted octanol–water partition coefficient (Wildman–Crippen LogP) is 3.06. The molecular formula is C23H24ClFN4O4. The number of fused-ring (bicyclic) bond motifs is 1. The van der Waals surface area contributed by atoms with Crippen LogP contribution in [0.5, 0.6) is 5.75 Å². The molecule has 1 fully saturated rings. The molecule has 0 amide bonds. The lowest BCUT2D eigenvalue weighted by molar-refractivity contribution is -0.142. The summed E-state index contributed by atoms with van der Waals surface area (Å²) in [5.74, 6) is 0.0324. The molecule has 10 heteroatoms. The smallest absolute Gasteiger partial charge is 0.343 e. The highest BCUT2D eigenvalue weighted by Crippen LogP contribution is 2.25. The number of hydrogen-bond donors (Lipinski definition) is 0. The van der Waals surface area contributed by atoms with E-state index in [0.29, 0.717) is 49.0 Å². The van der Waals surface area contributed by atoms with Crippen molar-refractivity contribution in [3.05, 3.63) is 57.1 Å². The second kappa shape index (κ2) is 9.74. The SMILES string of the molecule is COC(=O)COc1cc2cc(Cc3nc(N4CCC(F)CC4)ncc3Cl)ccc2n(C)c1=O. The van der Waals surface area contributed by atoms with Crippen molar-refractivity contribution in [3.8, 4) is 5.75 Å². The molecule has 3 aromatic rings. The highest BCUT2D eigenvalue weighted by atomic mass is 35.5. The number of nitrogens with zero attached hydrogens (tertiary/aromatic N) is 4. The van der Waals surface area contributed by atoms with Crippen molar-refractivity contribution in [1.29, 1.82) is 0 Å². The predicted molar refractivity (Wildman–Crippen MR) is 123 cm³/mol. The molecule has 0 N–H and O–H groups in total. The van der Waals surface area contributed by atoms with Crippen LogP contribution < -0.4 is 15.2 Å². The van der Waals surface area contributed by atoms with Crippen LogP contribution in [0.4, 0.5) is 10.3 Å². The number of methoxy groups -OCH3 is 1. The van der Waals surface area contributed by atoms with Gasteiger partial charge in [0.1, 0.15) is 6.17 Å². The Kier molecular flexibility index (Phi) is 6.78. The van der Waals surface area contributed by atoms with Gasteiger partial charge in [0.05, 0.1) is 29.5 Å². The van der Waals surface area contributed by atoms with Gasteiger partial charge in [0.25, 0.3) is 5.56 Å². The Balaban J connectivity index is 1.61. The molecule has 4 rings (SSSR count). The second-order valence-corrected chi connectivity index (χ2v) is 8.34. The van der Waals surface area contributed by atoms with Gasteiger partial charge in [-0.1, -0.05) is 17.7 Å². The molecular weight excluding hydrogens is 451 g/mol. The van der Waals surface area contributed by atoms with Gasteiger partial charge in [0.15, 0.2) is 12.4 Å². The van der Waals surface area contributed by atoms with Crippen LogP contribution in [0.2, 0.25) is 5.02 Å². The number of halogens is 2. The molecule has 1 aromatic carbocycles. The summed E-state index contributed by atoms with van der Waals surface area (Å²) in [4.78, 5) is 34.8. The van der Waals surface area contributed by atoms with Crippen LogP contribution in [0, 0.1) is 0 Å². The largest absolute Gasteiger partial charge is 0.476 e. The number of esters is 1. The number of benzene rings is 1. The van der Waals surface area contributed by atoms with Crippen LogP contribution in [0.15, 0.2) is 35.3 Å². The van der Waals surface area contributed by atoms with E-state index in [0.717, 1.165) is 16.5 Å². The Morgan fingerprint density at radius 2 is 2.03 bits per heavy atom. The first-order chi connectivity index (χ1) is 15.9. The van der Waals surface area contributed by atoms with Gasteiger partial charge in [-0.3, -0.25) is 4.79 Å². The molecule has 1 saturated heterocycles. The molecule has 1 aliphatic heterocycles. The lowest BCUT2D eigenvalue weighted by Crippen LogP contribution is -2.35. The van der Waals surface area contributed by atoms with E-state index in [4.69, 9.17) is 16.3 Å². The summed E-state index contributed by atoms with van der Waals surface area (Å²) in [6.07, 6.45) is 2.17. The van der Waals surface area contributed by atoms with E-state index in [2.05, 4.69) is 14.7 Å². The molecule has 33 heavy (non-hydrogen) atoms. The number of carbonyl (C=O) groups excluding carboxylic acids is 1. The number of aryl methyl sites for hydroxylation is 1. The lowest BCUT2D eigenvalue weighted by Gasteiger charge is -2.28. The number of anilines is 1. The quantitative estimate of drug-likeness (QED) is 0.507. The maximum atomic E-state index is 13.5. The van der Waals surface area contributed by atoms with Crippen molar-refractivity contribution in [1.82, 2.24) is 14.5 Å². The van der Waals surface area contributed by atoms with E-state index in [9.17, 15) is 14.0 Å². The summed E-state index contributed by atoms with van der Waals surface area (Å²) < 4.78 is 24.9. The Morgan fingerprint density at radius 1 is 1.27 bits per heavy atom. The number of alkyl halides is 1. The third kappa shape index (κ3) is 5.08. The van der Waals surface area contributed by atoms with Crippen LogP contribution in [0.25, 0.3) is 10.9 Å². The van der Waals surface area contributed by atoms with Crippen LogP contribution in [-0.4, -0.2) is 53.5 Å². The third-order valence-electron chi connectivity index (χ3n) is 5.71. The minimum absolute atomic E-state index is 0.0613. The number of pyridine rings is 1. The molecule has 0 radical (unpaired) electrons. The Bertz CT molecular complexity index is 1240. The zero-order valence-corrected chi connectivity index (χ0v) is 19.1. The number of piperidine rings is 1. The zero-order chi connectivity index (χ0) is 23.5. The fourth-order valence-electron chi connectivity index (χ4n) is 3.82. The van der Waals surface area contributed by atoms with E-state index in [1.165, 1.54) is 11.7 Å². The first-order valence-corrected chi connectivity index (χ1v) is 11.0. The van der Waals surface area contributed by atoms with Crippen LogP contribution in [-0.2, 0) is 23.0 Å². The molecule has 0 aliphatic carbocycles. The summed E-state index contributed by atoms with van der Waals surface area (Å²) in [6.45, 7) is 0.789. The average Bonchev–Trinajstić information content (AvgIpc) is 2.82. The lowest BCUT2D eigenvalue weighted by atomic mass is 10.1. The van der Waals surface area contributed by atoms with Gasteiger partial charge in [-0.05, 0) is 36.6 Å². The van der Waals surface area contributed by atoms with Crippen molar-refractivity contribution < 1.29 is 18.7 Å². The minimum Gasteiger partial charge on any atom is -0.476 e. The summed E-state index contributed by atoms with van der Waals surface area (Å²) in [5.41, 5.74) is 1.96. The fourth-order valence-corrected chi connectivity index (χ4v) is 3.98. The van der Waals surface area contributed by atoms with Crippen LogP contribution in [0.3, 0.4) is 0 Å². The molecule has 0 unspecified atom stereocenters. The van der Waals surface area contributed by atoms with Gasteiger partial charge < -0.3 is 18.9 Å². The zero-order valence-electron chi connectivity index (χ0n) is 18.4.